The van der Waals surface area contributed by atoms with Gasteiger partial charge < -0.3 is 15.0 Å². The van der Waals surface area contributed by atoms with Crippen molar-refractivity contribution in [1.82, 2.24) is 14.9 Å². The lowest BCUT2D eigenvalue weighted by Gasteiger charge is -2.32. The first kappa shape index (κ1) is 19.1. The molecule has 27 heavy (non-hydrogen) atoms. The topological polar surface area (TPSA) is 79.4 Å². The zero-order chi connectivity index (χ0) is 19.1. The molecule has 1 aromatic carbocycles. The van der Waals surface area contributed by atoms with E-state index in [4.69, 9.17) is 4.74 Å². The number of para-hydroxylation sites is 2. The predicted molar refractivity (Wildman–Crippen MR) is 106 cm³/mol. The quantitative estimate of drug-likeness (QED) is 0.813. The van der Waals surface area contributed by atoms with Crippen molar-refractivity contribution >= 4 is 17.5 Å². The number of nitrogens with zero attached hydrogens (tertiary/aromatic N) is 3. The number of benzene rings is 1. The molecule has 0 bridgehead atoms. The second-order valence-electron chi connectivity index (χ2n) is 7.12. The fourth-order valence-electron chi connectivity index (χ4n) is 3.36. The lowest BCUT2D eigenvalue weighted by atomic mass is 9.86. The fourth-order valence-corrected chi connectivity index (χ4v) is 3.36. The minimum absolute atomic E-state index is 0.377. The lowest BCUT2D eigenvalue weighted by molar-refractivity contribution is 0.152. The van der Waals surface area contributed by atoms with Gasteiger partial charge in [0.1, 0.15) is 5.75 Å². The number of rotatable bonds is 6. The number of hydrogen-bond acceptors (Lipinski definition) is 5. The number of urea groups is 1. The molecule has 7 nitrogen and oxygen atoms in total. The first-order valence-electron chi connectivity index (χ1n) is 9.34. The second kappa shape index (κ2) is 9.32. The van der Waals surface area contributed by atoms with Crippen LogP contribution in [0.4, 0.5) is 16.3 Å². The average molecular weight is 369 g/mol. The molecule has 0 radical (unpaired) electrons. The number of anilines is 2. The summed E-state index contributed by atoms with van der Waals surface area (Å²) < 4.78 is 6.04. The van der Waals surface area contributed by atoms with Crippen molar-refractivity contribution in [1.29, 1.82) is 0 Å². The Labute approximate surface area is 160 Å². The summed E-state index contributed by atoms with van der Waals surface area (Å²) in [5.41, 5.74) is 0.640. The Morgan fingerprint density at radius 1 is 1.15 bits per heavy atom. The maximum atomic E-state index is 12.2. The molecule has 7 heteroatoms. The highest BCUT2D eigenvalue weighted by molar-refractivity contribution is 5.99. The normalized spacial score (nSPS) is 19.5. The summed E-state index contributed by atoms with van der Waals surface area (Å²) in [6.07, 6.45) is 9.34. The molecule has 1 aromatic heterocycles. The molecular weight excluding hydrogens is 342 g/mol. The van der Waals surface area contributed by atoms with Gasteiger partial charge in [0.25, 0.3) is 0 Å². The number of nitrogens with one attached hydrogen (secondary N) is 2. The molecule has 2 N–H and O–H groups in total. The Kier molecular flexibility index (Phi) is 6.59. The third-order valence-electron chi connectivity index (χ3n) is 4.96. The van der Waals surface area contributed by atoms with E-state index in [9.17, 15) is 4.79 Å². The molecule has 0 aliphatic heterocycles. The SMILES string of the molecule is CN(C)C1CCC(COc2ccccc2NC(=O)Nc2cnccn2)CC1. The zero-order valence-electron chi connectivity index (χ0n) is 15.9. The van der Waals surface area contributed by atoms with Crippen LogP contribution in [0.2, 0.25) is 0 Å². The minimum Gasteiger partial charge on any atom is -0.491 e. The van der Waals surface area contributed by atoms with E-state index in [1.165, 1.54) is 38.1 Å². The third-order valence-corrected chi connectivity index (χ3v) is 4.96. The van der Waals surface area contributed by atoms with Gasteiger partial charge in [0, 0.05) is 18.4 Å². The van der Waals surface area contributed by atoms with Crippen LogP contribution in [-0.2, 0) is 0 Å². The summed E-state index contributed by atoms with van der Waals surface area (Å²) in [6.45, 7) is 0.671. The van der Waals surface area contributed by atoms with Gasteiger partial charge in [-0.2, -0.15) is 0 Å². The Hall–Kier alpha value is -2.67. The highest BCUT2D eigenvalue weighted by atomic mass is 16.5. The van der Waals surface area contributed by atoms with E-state index >= 15 is 0 Å². The molecule has 1 aliphatic carbocycles. The van der Waals surface area contributed by atoms with E-state index in [1.54, 1.807) is 6.20 Å². The van der Waals surface area contributed by atoms with Gasteiger partial charge in [-0.3, -0.25) is 10.3 Å². The average Bonchev–Trinajstić information content (AvgIpc) is 2.68. The van der Waals surface area contributed by atoms with Gasteiger partial charge in [0.05, 0.1) is 18.5 Å². The minimum atomic E-state index is -0.377. The molecule has 144 valence electrons. The van der Waals surface area contributed by atoms with Crippen molar-refractivity contribution in [3.63, 3.8) is 0 Å². The Morgan fingerprint density at radius 3 is 2.63 bits per heavy atom. The molecule has 1 fully saturated rings. The number of ether oxygens (including phenoxy) is 1. The van der Waals surface area contributed by atoms with Crippen LogP contribution in [0.1, 0.15) is 25.7 Å². The monoisotopic (exact) mass is 369 g/mol. The van der Waals surface area contributed by atoms with Crippen LogP contribution >= 0.6 is 0 Å². The summed E-state index contributed by atoms with van der Waals surface area (Å²) in [4.78, 5) is 22.5. The first-order valence-corrected chi connectivity index (χ1v) is 9.34. The molecule has 3 rings (SSSR count). The molecule has 2 aromatic rings. The van der Waals surface area contributed by atoms with Crippen LogP contribution in [0.3, 0.4) is 0 Å². The summed E-state index contributed by atoms with van der Waals surface area (Å²) in [6, 6.07) is 7.78. The van der Waals surface area contributed by atoms with Crippen LogP contribution in [0.25, 0.3) is 0 Å². The Balaban J connectivity index is 1.52. The van der Waals surface area contributed by atoms with Crippen molar-refractivity contribution in [3.05, 3.63) is 42.9 Å². The van der Waals surface area contributed by atoms with Crippen LogP contribution in [0.15, 0.2) is 42.9 Å². The van der Waals surface area contributed by atoms with Gasteiger partial charge in [-0.25, -0.2) is 9.78 Å². The van der Waals surface area contributed by atoms with E-state index in [-0.39, 0.29) is 6.03 Å². The molecule has 0 unspecified atom stereocenters. The predicted octanol–water partition coefficient (Wildman–Crippen LogP) is 3.62. The number of hydrogen-bond donors (Lipinski definition) is 2. The lowest BCUT2D eigenvalue weighted by Crippen LogP contribution is -2.33. The van der Waals surface area contributed by atoms with Gasteiger partial charge in [-0.1, -0.05) is 12.1 Å². The van der Waals surface area contributed by atoms with Crippen LogP contribution in [0, 0.1) is 5.92 Å². The maximum Gasteiger partial charge on any atom is 0.324 e. The Bertz CT molecular complexity index is 730. The molecule has 0 spiro atoms. The number of amides is 2. The largest absolute Gasteiger partial charge is 0.491 e. The highest BCUT2D eigenvalue weighted by Gasteiger charge is 2.23. The molecule has 0 saturated heterocycles. The first-order chi connectivity index (χ1) is 13.1. The van der Waals surface area contributed by atoms with Crippen molar-refractivity contribution in [3.8, 4) is 5.75 Å². The zero-order valence-corrected chi connectivity index (χ0v) is 15.9. The van der Waals surface area contributed by atoms with E-state index in [2.05, 4.69) is 39.6 Å². The van der Waals surface area contributed by atoms with E-state index in [1.807, 2.05) is 24.3 Å². The molecule has 2 amide bonds. The van der Waals surface area contributed by atoms with Gasteiger partial charge in [-0.15, -0.1) is 0 Å². The summed E-state index contributed by atoms with van der Waals surface area (Å²) in [7, 11) is 4.30. The number of carbonyl (C=O) groups excluding carboxylic acids is 1. The van der Waals surface area contributed by atoms with Crippen molar-refractivity contribution in [2.45, 2.75) is 31.7 Å². The van der Waals surface area contributed by atoms with Gasteiger partial charge in [0.15, 0.2) is 5.82 Å². The second-order valence-corrected chi connectivity index (χ2v) is 7.12. The van der Waals surface area contributed by atoms with E-state index in [0.29, 0.717) is 35.8 Å². The van der Waals surface area contributed by atoms with Gasteiger partial charge >= 0.3 is 6.03 Å². The number of aromatic nitrogens is 2. The molecule has 1 aliphatic rings. The summed E-state index contributed by atoms with van der Waals surface area (Å²) in [5, 5.41) is 5.47. The van der Waals surface area contributed by atoms with E-state index < -0.39 is 0 Å². The number of carbonyl (C=O) groups is 1. The molecule has 1 heterocycles. The highest BCUT2D eigenvalue weighted by Crippen LogP contribution is 2.29. The Morgan fingerprint density at radius 2 is 1.93 bits per heavy atom. The summed E-state index contributed by atoms with van der Waals surface area (Å²) >= 11 is 0. The maximum absolute atomic E-state index is 12.2. The third kappa shape index (κ3) is 5.65. The van der Waals surface area contributed by atoms with E-state index in [0.717, 1.165) is 0 Å². The smallest absolute Gasteiger partial charge is 0.324 e. The van der Waals surface area contributed by atoms with Crippen LogP contribution in [0.5, 0.6) is 5.75 Å². The van der Waals surface area contributed by atoms with Crippen molar-refractivity contribution < 1.29 is 9.53 Å². The molecule has 1 saturated carbocycles. The van der Waals surface area contributed by atoms with Gasteiger partial charge in [0.2, 0.25) is 0 Å². The summed E-state index contributed by atoms with van der Waals surface area (Å²) in [5.74, 6) is 1.63. The standard InChI is InChI=1S/C20H27N5O2/c1-25(2)16-9-7-15(8-10-16)14-27-18-6-4-3-5-17(18)23-20(26)24-19-13-21-11-12-22-19/h3-6,11-13,15-16H,7-10,14H2,1-2H3,(H2,22,23,24,26). The van der Waals surface area contributed by atoms with Gasteiger partial charge in [-0.05, 0) is 57.8 Å². The van der Waals surface area contributed by atoms with Crippen LogP contribution in [-0.4, -0.2) is 47.6 Å². The van der Waals surface area contributed by atoms with Crippen molar-refractivity contribution in [2.24, 2.45) is 5.92 Å². The molecular formula is C20H27N5O2. The van der Waals surface area contributed by atoms with Crippen LogP contribution < -0.4 is 15.4 Å². The fraction of sp³-hybridized carbons (Fsp3) is 0.450. The molecule has 0 atom stereocenters. The van der Waals surface area contributed by atoms with Crippen molar-refractivity contribution in [2.75, 3.05) is 31.3 Å².